The maximum atomic E-state index is 12.0. The summed E-state index contributed by atoms with van der Waals surface area (Å²) in [7, 11) is 2.54. The van der Waals surface area contributed by atoms with E-state index in [0.29, 0.717) is 6.42 Å². The number of aromatic nitrogens is 2. The highest BCUT2D eigenvalue weighted by molar-refractivity contribution is 5.51. The molecule has 0 saturated carbocycles. The minimum atomic E-state index is -0.830. The number of nitro groups is 1. The Morgan fingerprint density at radius 3 is 2.50 bits per heavy atom. The summed E-state index contributed by atoms with van der Waals surface area (Å²) in [6.07, 6.45) is 0.592. The largest absolute Gasteiger partial charge is 0.432 e. The van der Waals surface area contributed by atoms with E-state index in [0.717, 1.165) is 14.7 Å². The van der Waals surface area contributed by atoms with Gasteiger partial charge in [-0.3, -0.25) is 24.0 Å². The van der Waals surface area contributed by atoms with Crippen LogP contribution in [0.25, 0.3) is 0 Å². The summed E-state index contributed by atoms with van der Waals surface area (Å²) in [6.45, 7) is 1.85. The highest BCUT2D eigenvalue weighted by Crippen LogP contribution is 2.32. The second kappa shape index (κ2) is 6.37. The predicted molar refractivity (Wildman–Crippen MR) is 84.2 cm³/mol. The van der Waals surface area contributed by atoms with Crippen molar-refractivity contribution in [3.8, 4) is 17.7 Å². The van der Waals surface area contributed by atoms with Crippen LogP contribution in [0.3, 0.4) is 0 Å². The first-order valence-electron chi connectivity index (χ1n) is 6.97. The SMILES string of the molecule is CCc1ccc(Oc2c(C#N)c(=O)n(C)c(=O)n2C)c([N+](=O)[O-])c1. The summed E-state index contributed by atoms with van der Waals surface area (Å²) in [5.74, 6) is -0.491. The molecule has 0 aliphatic carbocycles. The molecular formula is C15H14N4O5. The number of nitriles is 1. The van der Waals surface area contributed by atoms with Crippen LogP contribution < -0.4 is 16.0 Å². The molecule has 0 aliphatic heterocycles. The van der Waals surface area contributed by atoms with Gasteiger partial charge in [-0.25, -0.2) is 4.79 Å². The molecule has 1 heterocycles. The van der Waals surface area contributed by atoms with Crippen LogP contribution in [-0.4, -0.2) is 14.1 Å². The summed E-state index contributed by atoms with van der Waals surface area (Å²) in [5, 5.41) is 20.4. The van der Waals surface area contributed by atoms with Gasteiger partial charge in [0, 0.05) is 20.2 Å². The average molecular weight is 330 g/mol. The van der Waals surface area contributed by atoms with Gasteiger partial charge in [0.15, 0.2) is 5.56 Å². The van der Waals surface area contributed by atoms with Gasteiger partial charge in [0.05, 0.1) is 4.92 Å². The van der Waals surface area contributed by atoms with E-state index in [1.54, 1.807) is 12.1 Å². The summed E-state index contributed by atoms with van der Waals surface area (Å²) >= 11 is 0. The van der Waals surface area contributed by atoms with Crippen LogP contribution in [-0.2, 0) is 20.5 Å². The lowest BCUT2D eigenvalue weighted by Crippen LogP contribution is -2.38. The molecule has 0 atom stereocenters. The molecule has 1 aromatic heterocycles. The number of aryl methyl sites for hydroxylation is 1. The van der Waals surface area contributed by atoms with Gasteiger partial charge in [0.1, 0.15) is 6.07 Å². The lowest BCUT2D eigenvalue weighted by Gasteiger charge is -2.13. The van der Waals surface area contributed by atoms with Gasteiger partial charge in [-0.15, -0.1) is 0 Å². The molecule has 9 heteroatoms. The molecular weight excluding hydrogens is 316 g/mol. The second-order valence-electron chi connectivity index (χ2n) is 5.01. The molecule has 0 saturated heterocycles. The van der Waals surface area contributed by atoms with Gasteiger partial charge >= 0.3 is 11.4 Å². The van der Waals surface area contributed by atoms with Crippen molar-refractivity contribution in [2.24, 2.45) is 14.1 Å². The van der Waals surface area contributed by atoms with E-state index in [-0.39, 0.29) is 17.3 Å². The van der Waals surface area contributed by atoms with Gasteiger partial charge in [0.25, 0.3) is 5.56 Å². The molecule has 0 aliphatic rings. The van der Waals surface area contributed by atoms with Gasteiger partial charge in [-0.05, 0) is 18.1 Å². The van der Waals surface area contributed by atoms with Gasteiger partial charge in [-0.1, -0.05) is 13.0 Å². The highest BCUT2D eigenvalue weighted by Gasteiger charge is 2.22. The monoisotopic (exact) mass is 330 g/mol. The average Bonchev–Trinajstić information content (AvgIpc) is 2.58. The Kier molecular flexibility index (Phi) is 4.50. The maximum absolute atomic E-state index is 12.0. The molecule has 2 rings (SSSR count). The molecule has 24 heavy (non-hydrogen) atoms. The fraction of sp³-hybridized carbons (Fsp3) is 0.267. The Balaban J connectivity index is 2.70. The van der Waals surface area contributed by atoms with E-state index in [1.165, 1.54) is 26.2 Å². The lowest BCUT2D eigenvalue weighted by atomic mass is 10.1. The smallest absolute Gasteiger partial charge is 0.333 e. The van der Waals surface area contributed by atoms with Crippen molar-refractivity contribution in [1.82, 2.24) is 9.13 Å². The maximum Gasteiger partial charge on any atom is 0.333 e. The fourth-order valence-electron chi connectivity index (χ4n) is 2.16. The third-order valence-electron chi connectivity index (χ3n) is 3.56. The third kappa shape index (κ3) is 2.77. The zero-order valence-electron chi connectivity index (χ0n) is 13.3. The van der Waals surface area contributed by atoms with Crippen LogP contribution in [0.15, 0.2) is 27.8 Å². The minimum absolute atomic E-state index is 0.156. The number of nitrogens with zero attached hydrogens (tertiary/aromatic N) is 4. The molecule has 0 spiro atoms. The Morgan fingerprint density at radius 1 is 1.29 bits per heavy atom. The molecule has 1 aromatic carbocycles. The van der Waals surface area contributed by atoms with Crippen LogP contribution in [0.2, 0.25) is 0 Å². The Morgan fingerprint density at radius 2 is 1.96 bits per heavy atom. The zero-order chi connectivity index (χ0) is 18.0. The Bertz CT molecular complexity index is 981. The summed E-state index contributed by atoms with van der Waals surface area (Å²) in [4.78, 5) is 34.6. The molecule has 0 amide bonds. The standard InChI is InChI=1S/C15H14N4O5/c1-4-9-5-6-12(11(7-9)19(22)23)24-14-10(8-16)13(20)17(2)15(21)18(14)3/h5-7H,4H2,1-3H3. The van der Waals surface area contributed by atoms with E-state index >= 15 is 0 Å². The summed E-state index contributed by atoms with van der Waals surface area (Å²) in [6, 6.07) is 6.03. The topological polar surface area (TPSA) is 120 Å². The molecule has 2 aromatic rings. The van der Waals surface area contributed by atoms with Gasteiger partial charge in [0.2, 0.25) is 11.6 Å². The van der Waals surface area contributed by atoms with E-state index in [4.69, 9.17) is 4.74 Å². The number of benzene rings is 1. The Labute approximate surface area is 136 Å². The molecule has 0 fully saturated rings. The third-order valence-corrected chi connectivity index (χ3v) is 3.56. The van der Waals surface area contributed by atoms with E-state index in [9.17, 15) is 25.0 Å². The van der Waals surface area contributed by atoms with Crippen molar-refractivity contribution in [3.63, 3.8) is 0 Å². The first-order valence-corrected chi connectivity index (χ1v) is 6.97. The van der Waals surface area contributed by atoms with E-state index in [2.05, 4.69) is 0 Å². The van der Waals surface area contributed by atoms with E-state index < -0.39 is 21.7 Å². The van der Waals surface area contributed by atoms with Crippen molar-refractivity contribution >= 4 is 5.69 Å². The number of rotatable bonds is 4. The fourth-order valence-corrected chi connectivity index (χ4v) is 2.16. The molecule has 124 valence electrons. The summed E-state index contributed by atoms with van der Waals surface area (Å²) in [5.41, 5.74) is -1.53. The minimum Gasteiger partial charge on any atom is -0.432 e. The number of nitro benzene ring substituents is 1. The summed E-state index contributed by atoms with van der Waals surface area (Å²) < 4.78 is 7.14. The van der Waals surface area contributed by atoms with Crippen molar-refractivity contribution in [2.45, 2.75) is 13.3 Å². The first-order chi connectivity index (χ1) is 11.3. The molecule has 9 nitrogen and oxygen atoms in total. The van der Waals surface area contributed by atoms with Crippen molar-refractivity contribution in [1.29, 1.82) is 5.26 Å². The number of hydrogen-bond donors (Lipinski definition) is 0. The highest BCUT2D eigenvalue weighted by atomic mass is 16.6. The Hall–Kier alpha value is -3.41. The first kappa shape index (κ1) is 17.0. The quantitative estimate of drug-likeness (QED) is 0.614. The molecule has 0 N–H and O–H groups in total. The van der Waals surface area contributed by atoms with Crippen molar-refractivity contribution in [2.75, 3.05) is 0 Å². The lowest BCUT2D eigenvalue weighted by molar-refractivity contribution is -0.385. The van der Waals surface area contributed by atoms with E-state index in [1.807, 2.05) is 6.92 Å². The van der Waals surface area contributed by atoms with Crippen LogP contribution in [0.5, 0.6) is 11.6 Å². The van der Waals surface area contributed by atoms with Gasteiger partial charge in [-0.2, -0.15) is 5.26 Å². The molecule has 0 unspecified atom stereocenters. The normalized spacial score (nSPS) is 10.2. The number of ether oxygens (including phenoxy) is 1. The number of hydrogen-bond acceptors (Lipinski definition) is 6. The van der Waals surface area contributed by atoms with Crippen LogP contribution in [0.4, 0.5) is 5.69 Å². The van der Waals surface area contributed by atoms with Crippen molar-refractivity contribution < 1.29 is 9.66 Å². The van der Waals surface area contributed by atoms with Crippen LogP contribution >= 0.6 is 0 Å². The van der Waals surface area contributed by atoms with Crippen LogP contribution in [0.1, 0.15) is 18.1 Å². The molecule has 0 bridgehead atoms. The second-order valence-corrected chi connectivity index (χ2v) is 5.01. The van der Waals surface area contributed by atoms with Gasteiger partial charge < -0.3 is 4.74 Å². The zero-order valence-corrected chi connectivity index (χ0v) is 13.3. The molecule has 0 radical (unpaired) electrons. The van der Waals surface area contributed by atoms with Crippen LogP contribution in [0, 0.1) is 21.4 Å². The van der Waals surface area contributed by atoms with Crippen molar-refractivity contribution in [3.05, 3.63) is 60.3 Å². The predicted octanol–water partition coefficient (Wildman–Crippen LogP) is 1.22.